The normalized spacial score (nSPS) is 10.2. The van der Waals surface area contributed by atoms with E-state index in [1.165, 1.54) is 23.1 Å². The molecule has 0 aliphatic rings. The summed E-state index contributed by atoms with van der Waals surface area (Å²) in [5.41, 5.74) is 6.83. The molecule has 0 atom stereocenters. The van der Waals surface area contributed by atoms with Gasteiger partial charge in [-0.25, -0.2) is 0 Å². The first-order valence-corrected chi connectivity index (χ1v) is 6.68. The Kier molecular flexibility index (Phi) is 4.67. The zero-order valence-corrected chi connectivity index (χ0v) is 12.1. The van der Waals surface area contributed by atoms with Crippen LogP contribution >= 0.6 is 0 Å². The number of hydrogen-bond acceptors (Lipinski definition) is 5. The van der Waals surface area contributed by atoms with Gasteiger partial charge in [0.05, 0.1) is 10.5 Å². The Balaban J connectivity index is 2.10. The fourth-order valence-corrected chi connectivity index (χ4v) is 1.98. The van der Waals surface area contributed by atoms with E-state index in [0.717, 1.165) is 5.69 Å². The molecule has 22 heavy (non-hydrogen) atoms. The van der Waals surface area contributed by atoms with Crippen molar-refractivity contribution < 1.29 is 9.72 Å². The van der Waals surface area contributed by atoms with Gasteiger partial charge in [-0.05, 0) is 18.2 Å². The third-order valence-corrected chi connectivity index (χ3v) is 3.25. The van der Waals surface area contributed by atoms with Crippen molar-refractivity contribution in [3.63, 3.8) is 0 Å². The zero-order chi connectivity index (χ0) is 16.1. The second-order valence-electron chi connectivity index (χ2n) is 4.83. The van der Waals surface area contributed by atoms with E-state index in [-0.39, 0.29) is 22.8 Å². The average molecular weight is 300 g/mol. The molecule has 1 aromatic heterocycles. The van der Waals surface area contributed by atoms with Gasteiger partial charge in [0, 0.05) is 49.7 Å². The lowest BCUT2D eigenvalue weighted by Crippen LogP contribution is -2.29. The topological polar surface area (TPSA) is 102 Å². The highest BCUT2D eigenvalue weighted by Crippen LogP contribution is 2.21. The van der Waals surface area contributed by atoms with Crippen LogP contribution in [0.5, 0.6) is 0 Å². The molecule has 0 saturated heterocycles. The van der Waals surface area contributed by atoms with Crippen LogP contribution in [0.25, 0.3) is 0 Å². The fraction of sp³-hybridized carbons (Fsp3) is 0.200. The maximum absolute atomic E-state index is 12.4. The van der Waals surface area contributed by atoms with Crippen LogP contribution in [0.1, 0.15) is 16.1 Å². The maximum Gasteiger partial charge on any atom is 0.270 e. The lowest BCUT2D eigenvalue weighted by Gasteiger charge is -2.17. The Hall–Kier alpha value is -2.96. The van der Waals surface area contributed by atoms with E-state index in [0.29, 0.717) is 13.0 Å². The number of amides is 1. The second kappa shape index (κ2) is 6.66. The van der Waals surface area contributed by atoms with Gasteiger partial charge in [0.2, 0.25) is 0 Å². The fourth-order valence-electron chi connectivity index (χ4n) is 1.98. The number of aromatic nitrogens is 1. The number of non-ortho nitro benzene ring substituents is 1. The number of pyridine rings is 1. The van der Waals surface area contributed by atoms with Gasteiger partial charge in [0.25, 0.3) is 11.6 Å². The average Bonchev–Trinajstić information content (AvgIpc) is 2.53. The van der Waals surface area contributed by atoms with Gasteiger partial charge in [0.1, 0.15) is 0 Å². The van der Waals surface area contributed by atoms with Crippen molar-refractivity contribution in [1.29, 1.82) is 0 Å². The maximum atomic E-state index is 12.4. The number of nitrogen functional groups attached to an aromatic ring is 1. The van der Waals surface area contributed by atoms with Gasteiger partial charge in [0.15, 0.2) is 0 Å². The van der Waals surface area contributed by atoms with Crippen molar-refractivity contribution in [3.05, 3.63) is 64.0 Å². The first-order valence-electron chi connectivity index (χ1n) is 6.68. The lowest BCUT2D eigenvalue weighted by atomic mass is 10.1. The van der Waals surface area contributed by atoms with E-state index in [2.05, 4.69) is 4.98 Å². The highest BCUT2D eigenvalue weighted by atomic mass is 16.6. The zero-order valence-electron chi connectivity index (χ0n) is 12.1. The number of nitro benzene ring substituents is 1. The molecule has 1 amide bonds. The van der Waals surface area contributed by atoms with Crippen molar-refractivity contribution in [2.75, 3.05) is 19.3 Å². The SMILES string of the molecule is CN(CCc1ccccn1)C(=O)c1cc([N+](=O)[O-])ccc1N. The van der Waals surface area contributed by atoms with Crippen molar-refractivity contribution in [1.82, 2.24) is 9.88 Å². The van der Waals surface area contributed by atoms with Gasteiger partial charge in [-0.3, -0.25) is 19.9 Å². The van der Waals surface area contributed by atoms with Crippen LogP contribution in [0.3, 0.4) is 0 Å². The molecule has 0 radical (unpaired) electrons. The Morgan fingerprint density at radius 2 is 2.14 bits per heavy atom. The molecule has 0 spiro atoms. The standard InChI is InChI=1S/C15H16N4O3/c1-18(9-7-11-4-2-3-8-17-11)15(20)13-10-12(19(21)22)5-6-14(13)16/h2-6,8,10H,7,9,16H2,1H3. The molecule has 0 aliphatic carbocycles. The number of hydrogen-bond donors (Lipinski definition) is 1. The number of anilines is 1. The van der Waals surface area contributed by atoms with Crippen LogP contribution in [0, 0.1) is 10.1 Å². The van der Waals surface area contributed by atoms with Gasteiger partial charge >= 0.3 is 0 Å². The van der Waals surface area contributed by atoms with Crippen LogP contribution < -0.4 is 5.73 Å². The molecule has 0 unspecified atom stereocenters. The molecule has 0 saturated carbocycles. The van der Waals surface area contributed by atoms with Crippen LogP contribution in [0.4, 0.5) is 11.4 Å². The number of likely N-dealkylation sites (N-methyl/N-ethyl adjacent to an activating group) is 1. The summed E-state index contributed by atoms with van der Waals surface area (Å²) in [5.74, 6) is -0.350. The number of rotatable bonds is 5. The molecule has 0 bridgehead atoms. The third kappa shape index (κ3) is 3.57. The third-order valence-electron chi connectivity index (χ3n) is 3.25. The molecule has 7 nitrogen and oxygen atoms in total. The molecule has 0 fully saturated rings. The van der Waals surface area contributed by atoms with E-state index in [4.69, 9.17) is 5.73 Å². The van der Waals surface area contributed by atoms with E-state index in [9.17, 15) is 14.9 Å². The molecular formula is C15H16N4O3. The highest BCUT2D eigenvalue weighted by molar-refractivity contribution is 5.99. The predicted molar refractivity (Wildman–Crippen MR) is 82.4 cm³/mol. The molecule has 1 aromatic carbocycles. The summed E-state index contributed by atoms with van der Waals surface area (Å²) in [6.07, 6.45) is 2.29. The minimum absolute atomic E-state index is 0.137. The predicted octanol–water partition coefficient (Wildman–Crippen LogP) is 1.89. The summed E-state index contributed by atoms with van der Waals surface area (Å²) in [7, 11) is 1.63. The number of carbonyl (C=O) groups excluding carboxylic acids is 1. The van der Waals surface area contributed by atoms with E-state index in [1.54, 1.807) is 13.2 Å². The first kappa shape index (κ1) is 15.4. The summed E-state index contributed by atoms with van der Waals surface area (Å²) in [6.45, 7) is 0.442. The Labute approximate surface area is 127 Å². The Bertz CT molecular complexity index is 688. The summed E-state index contributed by atoms with van der Waals surface area (Å²) in [5, 5.41) is 10.8. The lowest BCUT2D eigenvalue weighted by molar-refractivity contribution is -0.384. The minimum atomic E-state index is -0.551. The van der Waals surface area contributed by atoms with E-state index in [1.807, 2.05) is 18.2 Å². The second-order valence-corrected chi connectivity index (χ2v) is 4.83. The molecule has 1 heterocycles. The van der Waals surface area contributed by atoms with Gasteiger partial charge in [-0.1, -0.05) is 6.07 Å². The summed E-state index contributed by atoms with van der Waals surface area (Å²) in [4.78, 5) is 28.3. The largest absolute Gasteiger partial charge is 0.398 e. The van der Waals surface area contributed by atoms with Crippen molar-refractivity contribution >= 4 is 17.3 Å². The van der Waals surface area contributed by atoms with Crippen LogP contribution in [0.15, 0.2) is 42.6 Å². The Morgan fingerprint density at radius 1 is 1.36 bits per heavy atom. The summed E-state index contributed by atoms with van der Waals surface area (Å²) >= 11 is 0. The number of nitrogens with zero attached hydrogens (tertiary/aromatic N) is 3. The van der Waals surface area contributed by atoms with Crippen molar-refractivity contribution in [2.45, 2.75) is 6.42 Å². The minimum Gasteiger partial charge on any atom is -0.398 e. The number of carbonyl (C=O) groups is 1. The molecule has 2 rings (SSSR count). The van der Waals surface area contributed by atoms with Crippen molar-refractivity contribution in [3.8, 4) is 0 Å². The number of nitrogens with two attached hydrogens (primary N) is 1. The monoisotopic (exact) mass is 300 g/mol. The smallest absolute Gasteiger partial charge is 0.270 e. The van der Waals surface area contributed by atoms with Gasteiger partial charge in [-0.15, -0.1) is 0 Å². The number of benzene rings is 1. The van der Waals surface area contributed by atoms with Gasteiger partial charge < -0.3 is 10.6 Å². The molecule has 0 aliphatic heterocycles. The Morgan fingerprint density at radius 3 is 2.77 bits per heavy atom. The first-order chi connectivity index (χ1) is 10.5. The quantitative estimate of drug-likeness (QED) is 0.516. The number of nitro groups is 1. The van der Waals surface area contributed by atoms with Gasteiger partial charge in [-0.2, -0.15) is 0 Å². The summed E-state index contributed by atoms with van der Waals surface area (Å²) in [6, 6.07) is 9.43. The molecule has 2 aromatic rings. The van der Waals surface area contributed by atoms with Crippen LogP contribution in [-0.2, 0) is 6.42 Å². The summed E-state index contributed by atoms with van der Waals surface area (Å²) < 4.78 is 0. The molecular weight excluding hydrogens is 284 g/mol. The van der Waals surface area contributed by atoms with E-state index < -0.39 is 4.92 Å². The van der Waals surface area contributed by atoms with Crippen LogP contribution in [-0.4, -0.2) is 34.3 Å². The van der Waals surface area contributed by atoms with Crippen LogP contribution in [0.2, 0.25) is 0 Å². The molecule has 2 N–H and O–H groups in total. The molecule has 114 valence electrons. The van der Waals surface area contributed by atoms with Crippen molar-refractivity contribution in [2.24, 2.45) is 0 Å². The molecule has 7 heteroatoms. The highest BCUT2D eigenvalue weighted by Gasteiger charge is 2.18. The van der Waals surface area contributed by atoms with E-state index >= 15 is 0 Å².